The van der Waals surface area contributed by atoms with Crippen molar-refractivity contribution >= 4 is 50.6 Å². The number of aromatic carboxylic acids is 1. The number of anilines is 3. The van der Waals surface area contributed by atoms with Crippen LogP contribution >= 0.6 is 27.5 Å². The molecule has 0 radical (unpaired) electrons. The molecule has 0 saturated heterocycles. The van der Waals surface area contributed by atoms with Crippen molar-refractivity contribution in [2.75, 3.05) is 11.1 Å². The monoisotopic (exact) mass is 358 g/mol. The number of benzene rings is 2. The lowest BCUT2D eigenvalue weighted by molar-refractivity contribution is 0.0692. The van der Waals surface area contributed by atoms with E-state index < -0.39 is 17.3 Å². The molecule has 0 fully saturated rings. The van der Waals surface area contributed by atoms with Gasteiger partial charge in [0.2, 0.25) is 0 Å². The van der Waals surface area contributed by atoms with Gasteiger partial charge in [-0.1, -0.05) is 27.5 Å². The number of nitrogens with two attached hydrogens (primary N) is 1. The number of hydrogen-bond acceptors (Lipinski definition) is 3. The molecule has 0 bridgehead atoms. The lowest BCUT2D eigenvalue weighted by Crippen LogP contribution is -2.05. The van der Waals surface area contributed by atoms with Gasteiger partial charge in [-0.2, -0.15) is 0 Å². The highest BCUT2D eigenvalue weighted by Crippen LogP contribution is 2.32. The average Bonchev–Trinajstić information content (AvgIpc) is 2.37. The second-order valence-corrected chi connectivity index (χ2v) is 5.30. The van der Waals surface area contributed by atoms with E-state index in [0.717, 1.165) is 16.6 Å². The molecule has 0 aromatic heterocycles. The second kappa shape index (κ2) is 5.68. The Bertz CT molecular complexity index is 694. The second-order valence-electron chi connectivity index (χ2n) is 3.97. The predicted octanol–water partition coefficient (Wildman–Crippen LogP) is 4.27. The summed E-state index contributed by atoms with van der Waals surface area (Å²) >= 11 is 9.30. The van der Waals surface area contributed by atoms with E-state index in [1.165, 1.54) is 0 Å². The molecule has 104 valence electrons. The first-order valence-corrected chi connectivity index (χ1v) is 6.60. The highest BCUT2D eigenvalue weighted by atomic mass is 79.9. The number of hydrogen-bond donors (Lipinski definition) is 3. The molecule has 0 unspecified atom stereocenters. The molecule has 2 rings (SSSR count). The third-order valence-electron chi connectivity index (χ3n) is 2.57. The molecular formula is C13H9BrClFN2O2. The molecule has 0 amide bonds. The minimum Gasteiger partial charge on any atom is -0.478 e. The summed E-state index contributed by atoms with van der Waals surface area (Å²) < 4.78 is 14.4. The summed E-state index contributed by atoms with van der Waals surface area (Å²) in [5.41, 5.74) is 6.12. The smallest absolute Gasteiger partial charge is 0.338 e. The number of nitrogen functional groups attached to an aromatic ring is 1. The first-order chi connectivity index (χ1) is 9.38. The van der Waals surface area contributed by atoms with Gasteiger partial charge in [-0.3, -0.25) is 0 Å². The number of rotatable bonds is 3. The van der Waals surface area contributed by atoms with Gasteiger partial charge in [-0.15, -0.1) is 0 Å². The minimum atomic E-state index is -1.37. The SMILES string of the molecule is Nc1cc(C(=O)O)c(F)cc1Nc1cc(Br)ccc1Cl. The van der Waals surface area contributed by atoms with E-state index >= 15 is 0 Å². The molecule has 0 heterocycles. The predicted molar refractivity (Wildman–Crippen MR) is 80.2 cm³/mol. The molecule has 2 aromatic carbocycles. The number of halogens is 3. The van der Waals surface area contributed by atoms with E-state index in [9.17, 15) is 9.18 Å². The lowest BCUT2D eigenvalue weighted by atomic mass is 10.1. The molecule has 7 heteroatoms. The Balaban J connectivity index is 2.42. The van der Waals surface area contributed by atoms with Crippen LogP contribution in [0.1, 0.15) is 10.4 Å². The largest absolute Gasteiger partial charge is 0.478 e. The fourth-order valence-electron chi connectivity index (χ4n) is 1.60. The number of carboxylic acids is 1. The fourth-order valence-corrected chi connectivity index (χ4v) is 2.13. The molecule has 2 aromatic rings. The Hall–Kier alpha value is -1.79. The van der Waals surface area contributed by atoms with Crippen LogP contribution < -0.4 is 11.1 Å². The molecule has 0 aliphatic rings. The van der Waals surface area contributed by atoms with Gasteiger partial charge in [-0.05, 0) is 24.3 Å². The van der Waals surface area contributed by atoms with Gasteiger partial charge in [0, 0.05) is 10.5 Å². The van der Waals surface area contributed by atoms with Crippen molar-refractivity contribution in [1.82, 2.24) is 0 Å². The van der Waals surface area contributed by atoms with Crippen LogP contribution in [-0.4, -0.2) is 11.1 Å². The standard InChI is InChI=1S/C13H9BrClFN2O2/c14-6-1-2-8(15)11(3-6)18-12-5-9(16)7(13(19)20)4-10(12)17/h1-5,18H,17H2,(H,19,20). The highest BCUT2D eigenvalue weighted by Gasteiger charge is 2.14. The van der Waals surface area contributed by atoms with E-state index in [0.29, 0.717) is 10.7 Å². The molecule has 0 spiro atoms. The maximum atomic E-state index is 13.6. The normalized spacial score (nSPS) is 10.3. The highest BCUT2D eigenvalue weighted by molar-refractivity contribution is 9.10. The zero-order valence-electron chi connectivity index (χ0n) is 9.95. The molecule has 0 atom stereocenters. The first kappa shape index (κ1) is 14.6. The van der Waals surface area contributed by atoms with Crippen LogP contribution in [0.3, 0.4) is 0 Å². The van der Waals surface area contributed by atoms with Crippen molar-refractivity contribution in [3.8, 4) is 0 Å². The Morgan fingerprint density at radius 1 is 1.30 bits per heavy atom. The van der Waals surface area contributed by atoms with E-state index in [1.807, 2.05) is 0 Å². The van der Waals surface area contributed by atoms with Gasteiger partial charge < -0.3 is 16.2 Å². The van der Waals surface area contributed by atoms with Crippen LogP contribution in [0.15, 0.2) is 34.8 Å². The Morgan fingerprint density at radius 2 is 2.00 bits per heavy atom. The van der Waals surface area contributed by atoms with Gasteiger partial charge in [-0.25, -0.2) is 9.18 Å². The molecule has 0 aliphatic carbocycles. The molecule has 4 nitrogen and oxygen atoms in total. The van der Waals surface area contributed by atoms with Crippen LogP contribution in [-0.2, 0) is 0 Å². The van der Waals surface area contributed by atoms with E-state index in [2.05, 4.69) is 21.2 Å². The fraction of sp³-hybridized carbons (Fsp3) is 0. The van der Waals surface area contributed by atoms with E-state index in [-0.39, 0.29) is 11.4 Å². The van der Waals surface area contributed by atoms with E-state index in [4.69, 9.17) is 22.4 Å². The first-order valence-electron chi connectivity index (χ1n) is 5.43. The average molecular weight is 360 g/mol. The van der Waals surface area contributed by atoms with Crippen LogP contribution in [0.4, 0.5) is 21.5 Å². The maximum Gasteiger partial charge on any atom is 0.338 e. The van der Waals surface area contributed by atoms with Crippen molar-refractivity contribution < 1.29 is 14.3 Å². The van der Waals surface area contributed by atoms with Crippen LogP contribution in [0.25, 0.3) is 0 Å². The molecule has 0 saturated carbocycles. The summed E-state index contributed by atoms with van der Waals surface area (Å²) in [6.07, 6.45) is 0. The summed E-state index contributed by atoms with van der Waals surface area (Å²) in [7, 11) is 0. The van der Waals surface area contributed by atoms with Crippen molar-refractivity contribution in [1.29, 1.82) is 0 Å². The van der Waals surface area contributed by atoms with Crippen LogP contribution in [0, 0.1) is 5.82 Å². The molecular weight excluding hydrogens is 351 g/mol. The Labute approximate surface area is 127 Å². The summed E-state index contributed by atoms with van der Waals surface area (Å²) in [4.78, 5) is 10.8. The van der Waals surface area contributed by atoms with Crippen molar-refractivity contribution in [3.63, 3.8) is 0 Å². The van der Waals surface area contributed by atoms with Crippen molar-refractivity contribution in [2.45, 2.75) is 0 Å². The van der Waals surface area contributed by atoms with Gasteiger partial charge in [0.25, 0.3) is 0 Å². The van der Waals surface area contributed by atoms with Crippen molar-refractivity contribution in [3.05, 3.63) is 51.2 Å². The Kier molecular flexibility index (Phi) is 4.15. The lowest BCUT2D eigenvalue weighted by Gasteiger charge is -2.12. The number of carboxylic acid groups (broad SMARTS) is 1. The molecule has 0 aliphatic heterocycles. The third-order valence-corrected chi connectivity index (χ3v) is 3.39. The zero-order chi connectivity index (χ0) is 14.9. The van der Waals surface area contributed by atoms with Crippen LogP contribution in [0.2, 0.25) is 5.02 Å². The van der Waals surface area contributed by atoms with Crippen LogP contribution in [0.5, 0.6) is 0 Å². The summed E-state index contributed by atoms with van der Waals surface area (Å²) in [5.74, 6) is -2.25. The van der Waals surface area contributed by atoms with Crippen molar-refractivity contribution in [2.24, 2.45) is 0 Å². The number of carbonyl (C=O) groups is 1. The minimum absolute atomic E-state index is 0.111. The van der Waals surface area contributed by atoms with Gasteiger partial charge in [0.15, 0.2) is 0 Å². The quantitative estimate of drug-likeness (QED) is 0.716. The maximum absolute atomic E-state index is 13.6. The molecule has 4 N–H and O–H groups in total. The molecule has 20 heavy (non-hydrogen) atoms. The zero-order valence-corrected chi connectivity index (χ0v) is 12.3. The third kappa shape index (κ3) is 3.02. The van der Waals surface area contributed by atoms with Gasteiger partial charge in [0.1, 0.15) is 5.82 Å². The summed E-state index contributed by atoms with van der Waals surface area (Å²) in [6, 6.07) is 7.20. The number of nitrogens with one attached hydrogen (secondary N) is 1. The topological polar surface area (TPSA) is 75.4 Å². The van der Waals surface area contributed by atoms with Gasteiger partial charge in [0.05, 0.1) is 27.6 Å². The van der Waals surface area contributed by atoms with E-state index in [1.54, 1.807) is 18.2 Å². The Morgan fingerprint density at radius 3 is 2.65 bits per heavy atom. The summed E-state index contributed by atoms with van der Waals surface area (Å²) in [6.45, 7) is 0. The van der Waals surface area contributed by atoms with Gasteiger partial charge >= 0.3 is 5.97 Å². The summed E-state index contributed by atoms with van der Waals surface area (Å²) in [5, 5.41) is 12.1.